The Morgan fingerprint density at radius 2 is 1.92 bits per heavy atom. The fourth-order valence-corrected chi connectivity index (χ4v) is 4.49. The van der Waals surface area contributed by atoms with E-state index >= 15 is 0 Å². The standard InChI is InChI=1S/C19H18N2O3S2/c1-10-13(4)25-17-16(10)18(21-9-20-17)26-15-8-6-5-7-14(15)19(23)24-12(3)11(2)22/h5-9,12H,1-4H3/t12-/m0/s1. The molecule has 2 aromatic heterocycles. The van der Waals surface area contributed by atoms with Crippen molar-refractivity contribution in [2.45, 2.75) is 43.7 Å². The third-order valence-electron chi connectivity index (χ3n) is 4.10. The number of esters is 1. The SMILES string of the molecule is CC(=O)[C@H](C)OC(=O)c1ccccc1Sc1ncnc2sc(C)c(C)c12. The van der Waals surface area contributed by atoms with Gasteiger partial charge in [0.25, 0.3) is 0 Å². The van der Waals surface area contributed by atoms with E-state index in [4.69, 9.17) is 4.74 Å². The number of rotatable bonds is 5. The molecule has 1 aromatic carbocycles. The molecule has 2 heterocycles. The van der Waals surface area contributed by atoms with E-state index in [1.807, 2.05) is 12.1 Å². The van der Waals surface area contributed by atoms with Crippen LogP contribution in [0, 0.1) is 13.8 Å². The maximum absolute atomic E-state index is 12.5. The normalized spacial score (nSPS) is 12.2. The summed E-state index contributed by atoms with van der Waals surface area (Å²) in [7, 11) is 0. The lowest BCUT2D eigenvalue weighted by atomic mass is 10.2. The first kappa shape index (κ1) is 18.5. The highest BCUT2D eigenvalue weighted by atomic mass is 32.2. The molecule has 0 aliphatic heterocycles. The van der Waals surface area contributed by atoms with Gasteiger partial charge >= 0.3 is 5.97 Å². The summed E-state index contributed by atoms with van der Waals surface area (Å²) in [6.45, 7) is 7.08. The summed E-state index contributed by atoms with van der Waals surface area (Å²) >= 11 is 3.04. The van der Waals surface area contributed by atoms with Crippen LogP contribution < -0.4 is 0 Å². The third-order valence-corrected chi connectivity index (χ3v) is 6.29. The van der Waals surface area contributed by atoms with Gasteiger partial charge in [0.1, 0.15) is 16.2 Å². The van der Waals surface area contributed by atoms with Crippen molar-refractivity contribution in [3.05, 3.63) is 46.6 Å². The second-order valence-corrected chi connectivity index (χ2v) is 8.13. The van der Waals surface area contributed by atoms with Crippen molar-refractivity contribution < 1.29 is 14.3 Å². The number of carbonyl (C=O) groups excluding carboxylic acids is 2. The molecule has 1 atom stereocenters. The van der Waals surface area contributed by atoms with Crippen molar-refractivity contribution >= 4 is 45.1 Å². The molecule has 0 aliphatic rings. The first-order valence-corrected chi connectivity index (χ1v) is 9.70. The number of nitrogens with zero attached hydrogens (tertiary/aromatic N) is 2. The van der Waals surface area contributed by atoms with E-state index in [0.29, 0.717) is 5.56 Å². The smallest absolute Gasteiger partial charge is 0.339 e. The Morgan fingerprint density at radius 1 is 1.19 bits per heavy atom. The summed E-state index contributed by atoms with van der Waals surface area (Å²) in [4.78, 5) is 35.5. The van der Waals surface area contributed by atoms with Gasteiger partial charge in [-0.15, -0.1) is 11.3 Å². The molecular weight excluding hydrogens is 368 g/mol. The molecule has 0 aliphatic carbocycles. The number of carbonyl (C=O) groups is 2. The summed E-state index contributed by atoms with van der Waals surface area (Å²) in [5.74, 6) is -0.704. The summed E-state index contributed by atoms with van der Waals surface area (Å²) in [5.41, 5.74) is 1.57. The second kappa shape index (κ2) is 7.55. The Morgan fingerprint density at radius 3 is 2.65 bits per heavy atom. The fraction of sp³-hybridized carbons (Fsp3) is 0.263. The molecule has 0 saturated carbocycles. The van der Waals surface area contributed by atoms with E-state index in [-0.39, 0.29) is 5.78 Å². The van der Waals surface area contributed by atoms with Crippen LogP contribution in [0.1, 0.15) is 34.6 Å². The quantitative estimate of drug-likeness (QED) is 0.472. The summed E-state index contributed by atoms with van der Waals surface area (Å²) < 4.78 is 5.26. The largest absolute Gasteiger partial charge is 0.451 e. The van der Waals surface area contributed by atoms with Crippen LogP contribution in [0.3, 0.4) is 0 Å². The van der Waals surface area contributed by atoms with Crippen molar-refractivity contribution in [3.8, 4) is 0 Å². The Hall–Kier alpha value is -2.25. The zero-order chi connectivity index (χ0) is 18.8. The number of Topliss-reactive ketones (excluding diaryl/α,β-unsaturated/α-hetero) is 1. The number of ketones is 1. The van der Waals surface area contributed by atoms with E-state index < -0.39 is 12.1 Å². The van der Waals surface area contributed by atoms with E-state index in [1.54, 1.807) is 36.7 Å². The summed E-state index contributed by atoms with van der Waals surface area (Å²) in [5, 5.41) is 1.82. The highest BCUT2D eigenvalue weighted by Crippen LogP contribution is 2.38. The predicted octanol–water partition coefficient (Wildman–Crippen LogP) is 4.59. The lowest BCUT2D eigenvalue weighted by molar-refractivity contribution is -0.124. The minimum absolute atomic E-state index is 0.189. The van der Waals surface area contributed by atoms with Crippen LogP contribution in [0.4, 0.5) is 0 Å². The maximum atomic E-state index is 12.5. The molecule has 0 N–H and O–H groups in total. The number of thiophene rings is 1. The van der Waals surface area contributed by atoms with Crippen molar-refractivity contribution in [2.24, 2.45) is 0 Å². The highest BCUT2D eigenvalue weighted by molar-refractivity contribution is 7.99. The topological polar surface area (TPSA) is 69.2 Å². The van der Waals surface area contributed by atoms with Gasteiger partial charge in [0, 0.05) is 15.2 Å². The summed E-state index contributed by atoms with van der Waals surface area (Å²) in [6, 6.07) is 7.18. The van der Waals surface area contributed by atoms with Crippen LogP contribution in [0.15, 0.2) is 40.5 Å². The number of benzene rings is 1. The number of hydrogen-bond acceptors (Lipinski definition) is 7. The van der Waals surface area contributed by atoms with Gasteiger partial charge in [0.2, 0.25) is 0 Å². The Labute approximate surface area is 159 Å². The molecule has 3 rings (SSSR count). The molecule has 0 radical (unpaired) electrons. The van der Waals surface area contributed by atoms with Gasteiger partial charge in [-0.25, -0.2) is 14.8 Å². The lowest BCUT2D eigenvalue weighted by Gasteiger charge is -2.12. The fourth-order valence-electron chi connectivity index (χ4n) is 2.36. The molecular formula is C19H18N2O3S2. The minimum Gasteiger partial charge on any atom is -0.451 e. The van der Waals surface area contributed by atoms with Gasteiger partial charge < -0.3 is 4.74 Å². The zero-order valence-corrected chi connectivity index (χ0v) is 16.5. The number of hydrogen-bond donors (Lipinski definition) is 0. The molecule has 0 saturated heterocycles. The number of aryl methyl sites for hydroxylation is 2. The number of aromatic nitrogens is 2. The zero-order valence-electron chi connectivity index (χ0n) is 14.9. The van der Waals surface area contributed by atoms with Crippen molar-refractivity contribution in [2.75, 3.05) is 0 Å². The van der Waals surface area contributed by atoms with Gasteiger partial charge in [-0.3, -0.25) is 4.79 Å². The van der Waals surface area contributed by atoms with E-state index in [1.165, 1.54) is 23.6 Å². The van der Waals surface area contributed by atoms with Crippen LogP contribution in [-0.4, -0.2) is 27.8 Å². The van der Waals surface area contributed by atoms with Crippen LogP contribution >= 0.6 is 23.1 Å². The molecule has 0 amide bonds. The van der Waals surface area contributed by atoms with Gasteiger partial charge in [0.05, 0.1) is 5.56 Å². The third kappa shape index (κ3) is 3.64. The molecule has 3 aromatic rings. The van der Waals surface area contributed by atoms with Crippen LogP contribution in [0.5, 0.6) is 0 Å². The van der Waals surface area contributed by atoms with Gasteiger partial charge in [-0.2, -0.15) is 0 Å². The molecule has 0 fully saturated rings. The predicted molar refractivity (Wildman–Crippen MR) is 103 cm³/mol. The van der Waals surface area contributed by atoms with E-state index in [0.717, 1.165) is 25.7 Å². The van der Waals surface area contributed by atoms with E-state index in [9.17, 15) is 9.59 Å². The maximum Gasteiger partial charge on any atom is 0.339 e. The second-order valence-electron chi connectivity index (χ2n) is 5.90. The van der Waals surface area contributed by atoms with Crippen LogP contribution in [0.25, 0.3) is 10.2 Å². The van der Waals surface area contributed by atoms with Crippen LogP contribution in [-0.2, 0) is 9.53 Å². The van der Waals surface area contributed by atoms with Gasteiger partial charge in [-0.1, -0.05) is 23.9 Å². The minimum atomic E-state index is -0.770. The molecule has 5 nitrogen and oxygen atoms in total. The first-order chi connectivity index (χ1) is 12.4. The first-order valence-electron chi connectivity index (χ1n) is 8.07. The average molecular weight is 386 g/mol. The number of fused-ring (bicyclic) bond motifs is 1. The monoisotopic (exact) mass is 386 g/mol. The number of ether oxygens (including phenoxy) is 1. The van der Waals surface area contributed by atoms with Crippen molar-refractivity contribution in [1.29, 1.82) is 0 Å². The highest BCUT2D eigenvalue weighted by Gasteiger charge is 2.20. The molecule has 0 unspecified atom stereocenters. The Kier molecular flexibility index (Phi) is 5.38. The Balaban J connectivity index is 1.97. The lowest BCUT2D eigenvalue weighted by Crippen LogP contribution is -2.22. The molecule has 134 valence electrons. The Bertz CT molecular complexity index is 998. The van der Waals surface area contributed by atoms with E-state index in [2.05, 4.69) is 23.8 Å². The van der Waals surface area contributed by atoms with Crippen molar-refractivity contribution in [1.82, 2.24) is 9.97 Å². The average Bonchev–Trinajstić information content (AvgIpc) is 2.90. The van der Waals surface area contributed by atoms with Gasteiger partial charge in [-0.05, 0) is 45.4 Å². The molecule has 7 heteroatoms. The molecule has 0 bridgehead atoms. The van der Waals surface area contributed by atoms with Gasteiger partial charge in [0.15, 0.2) is 11.9 Å². The molecule has 26 heavy (non-hydrogen) atoms. The molecule has 0 spiro atoms. The van der Waals surface area contributed by atoms with Crippen LogP contribution in [0.2, 0.25) is 0 Å². The summed E-state index contributed by atoms with van der Waals surface area (Å²) in [6.07, 6.45) is 0.770. The van der Waals surface area contributed by atoms with Crippen molar-refractivity contribution in [3.63, 3.8) is 0 Å².